The van der Waals surface area contributed by atoms with Crippen LogP contribution in [0.15, 0.2) is 24.3 Å². The SMILES string of the molecule is COc1ccc2c(c1)OCC(Cc1cc(OC)nc(OC)n1)C2. The average molecular weight is 316 g/mol. The molecular formula is C17H20N2O4. The van der Waals surface area contributed by atoms with Crippen molar-refractivity contribution in [3.05, 3.63) is 35.5 Å². The molecule has 1 aromatic heterocycles. The van der Waals surface area contributed by atoms with E-state index in [1.807, 2.05) is 18.2 Å². The molecule has 0 bridgehead atoms. The maximum absolute atomic E-state index is 5.88. The highest BCUT2D eigenvalue weighted by Crippen LogP contribution is 2.32. The third kappa shape index (κ3) is 3.47. The van der Waals surface area contributed by atoms with Gasteiger partial charge in [0.1, 0.15) is 11.5 Å². The van der Waals surface area contributed by atoms with Gasteiger partial charge in [-0.15, -0.1) is 0 Å². The van der Waals surface area contributed by atoms with Crippen LogP contribution in [0.4, 0.5) is 0 Å². The highest BCUT2D eigenvalue weighted by Gasteiger charge is 2.22. The molecule has 1 aliphatic heterocycles. The minimum atomic E-state index is 0.321. The molecule has 0 amide bonds. The Labute approximate surface area is 135 Å². The normalized spacial score (nSPS) is 16.2. The summed E-state index contributed by atoms with van der Waals surface area (Å²) in [5.74, 6) is 2.57. The van der Waals surface area contributed by atoms with Crippen LogP contribution in [-0.4, -0.2) is 37.9 Å². The van der Waals surface area contributed by atoms with Gasteiger partial charge in [0, 0.05) is 18.1 Å². The third-order valence-electron chi connectivity index (χ3n) is 3.88. The molecule has 0 saturated heterocycles. The summed E-state index contributed by atoms with van der Waals surface area (Å²) in [4.78, 5) is 8.51. The van der Waals surface area contributed by atoms with Crippen LogP contribution in [0.5, 0.6) is 23.4 Å². The Hall–Kier alpha value is -2.50. The summed E-state index contributed by atoms with van der Waals surface area (Å²) in [6.07, 6.45) is 1.72. The summed E-state index contributed by atoms with van der Waals surface area (Å²) < 4.78 is 21.4. The Morgan fingerprint density at radius 3 is 2.70 bits per heavy atom. The number of methoxy groups -OCH3 is 3. The van der Waals surface area contributed by atoms with Crippen LogP contribution in [0.3, 0.4) is 0 Å². The van der Waals surface area contributed by atoms with E-state index >= 15 is 0 Å². The van der Waals surface area contributed by atoms with Crippen molar-refractivity contribution in [2.45, 2.75) is 12.8 Å². The van der Waals surface area contributed by atoms with Crippen molar-refractivity contribution in [1.82, 2.24) is 9.97 Å². The zero-order valence-electron chi connectivity index (χ0n) is 13.5. The Morgan fingerprint density at radius 2 is 1.96 bits per heavy atom. The summed E-state index contributed by atoms with van der Waals surface area (Å²) in [5.41, 5.74) is 2.08. The molecule has 0 radical (unpaired) electrons. The minimum absolute atomic E-state index is 0.321. The topological polar surface area (TPSA) is 62.7 Å². The molecule has 0 fully saturated rings. The van der Waals surface area contributed by atoms with Gasteiger partial charge in [0.25, 0.3) is 0 Å². The minimum Gasteiger partial charge on any atom is -0.497 e. The molecule has 1 aliphatic rings. The maximum Gasteiger partial charge on any atom is 0.319 e. The smallest absolute Gasteiger partial charge is 0.319 e. The van der Waals surface area contributed by atoms with Crippen molar-refractivity contribution in [2.75, 3.05) is 27.9 Å². The largest absolute Gasteiger partial charge is 0.497 e. The van der Waals surface area contributed by atoms with Gasteiger partial charge in [0.05, 0.1) is 33.6 Å². The lowest BCUT2D eigenvalue weighted by Crippen LogP contribution is -2.23. The number of hydrogen-bond donors (Lipinski definition) is 0. The van der Waals surface area contributed by atoms with E-state index < -0.39 is 0 Å². The van der Waals surface area contributed by atoms with E-state index in [4.69, 9.17) is 18.9 Å². The predicted octanol–water partition coefficient (Wildman–Crippen LogP) is 2.30. The van der Waals surface area contributed by atoms with Crippen molar-refractivity contribution in [2.24, 2.45) is 5.92 Å². The van der Waals surface area contributed by atoms with Crippen molar-refractivity contribution in [1.29, 1.82) is 0 Å². The van der Waals surface area contributed by atoms with E-state index in [0.29, 0.717) is 24.4 Å². The molecule has 6 heteroatoms. The summed E-state index contributed by atoms with van der Waals surface area (Å²) in [6, 6.07) is 8.11. The second-order valence-corrected chi connectivity index (χ2v) is 5.45. The quantitative estimate of drug-likeness (QED) is 0.843. The maximum atomic E-state index is 5.88. The number of ether oxygens (including phenoxy) is 4. The first-order valence-corrected chi connectivity index (χ1v) is 7.47. The number of rotatable bonds is 5. The van der Waals surface area contributed by atoms with Gasteiger partial charge in [-0.05, 0) is 24.5 Å². The van der Waals surface area contributed by atoms with Crippen LogP contribution in [0.25, 0.3) is 0 Å². The fraction of sp³-hybridized carbons (Fsp3) is 0.412. The fourth-order valence-electron chi connectivity index (χ4n) is 2.72. The monoisotopic (exact) mass is 316 g/mol. The van der Waals surface area contributed by atoms with Crippen LogP contribution >= 0.6 is 0 Å². The van der Waals surface area contributed by atoms with Crippen LogP contribution in [-0.2, 0) is 12.8 Å². The molecule has 3 rings (SSSR count). The van der Waals surface area contributed by atoms with E-state index in [1.54, 1.807) is 21.3 Å². The Balaban J connectivity index is 1.74. The number of nitrogens with zero attached hydrogens (tertiary/aromatic N) is 2. The molecule has 23 heavy (non-hydrogen) atoms. The lowest BCUT2D eigenvalue weighted by Gasteiger charge is -2.25. The third-order valence-corrected chi connectivity index (χ3v) is 3.88. The zero-order chi connectivity index (χ0) is 16.2. The molecule has 122 valence electrons. The standard InChI is InChI=1S/C17H20N2O4/c1-20-14-5-4-12-6-11(10-23-15(12)9-14)7-13-8-16(21-2)19-17(18-13)22-3/h4-5,8-9,11H,6-7,10H2,1-3H3. The van der Waals surface area contributed by atoms with Crippen LogP contribution in [0.2, 0.25) is 0 Å². The van der Waals surface area contributed by atoms with E-state index in [-0.39, 0.29) is 0 Å². The van der Waals surface area contributed by atoms with E-state index in [1.165, 1.54) is 5.56 Å². The lowest BCUT2D eigenvalue weighted by atomic mass is 9.92. The van der Waals surface area contributed by atoms with Gasteiger partial charge >= 0.3 is 6.01 Å². The first kappa shape index (κ1) is 15.4. The highest BCUT2D eigenvalue weighted by molar-refractivity contribution is 5.42. The van der Waals surface area contributed by atoms with Crippen molar-refractivity contribution >= 4 is 0 Å². The second kappa shape index (κ2) is 6.73. The first-order chi connectivity index (χ1) is 11.2. The Bertz CT molecular complexity index is 668. The summed E-state index contributed by atoms with van der Waals surface area (Å²) in [6.45, 7) is 0.648. The van der Waals surface area contributed by atoms with Gasteiger partial charge in [-0.25, -0.2) is 4.98 Å². The van der Waals surface area contributed by atoms with Gasteiger partial charge in [-0.2, -0.15) is 4.98 Å². The molecule has 1 unspecified atom stereocenters. The predicted molar refractivity (Wildman–Crippen MR) is 84.5 cm³/mol. The number of aromatic nitrogens is 2. The van der Waals surface area contributed by atoms with Crippen LogP contribution in [0.1, 0.15) is 11.3 Å². The molecule has 0 aliphatic carbocycles. The first-order valence-electron chi connectivity index (χ1n) is 7.47. The summed E-state index contributed by atoms with van der Waals surface area (Å²) in [5, 5.41) is 0. The van der Waals surface area contributed by atoms with Crippen LogP contribution < -0.4 is 18.9 Å². The summed E-state index contributed by atoms with van der Waals surface area (Å²) >= 11 is 0. The van der Waals surface area contributed by atoms with Gasteiger partial charge in [-0.3, -0.25) is 0 Å². The van der Waals surface area contributed by atoms with Crippen molar-refractivity contribution in [3.8, 4) is 23.4 Å². The van der Waals surface area contributed by atoms with Gasteiger partial charge in [0.15, 0.2) is 0 Å². The molecule has 2 heterocycles. The second-order valence-electron chi connectivity index (χ2n) is 5.45. The van der Waals surface area contributed by atoms with Gasteiger partial charge in [0.2, 0.25) is 5.88 Å². The van der Waals surface area contributed by atoms with Crippen LogP contribution in [0, 0.1) is 5.92 Å². The molecule has 0 spiro atoms. The molecule has 1 atom stereocenters. The highest BCUT2D eigenvalue weighted by atomic mass is 16.5. The fourth-order valence-corrected chi connectivity index (χ4v) is 2.72. The molecular weight excluding hydrogens is 296 g/mol. The molecule has 0 N–H and O–H groups in total. The molecule has 1 aromatic carbocycles. The summed E-state index contributed by atoms with van der Waals surface area (Å²) in [7, 11) is 4.79. The molecule has 2 aromatic rings. The molecule has 6 nitrogen and oxygen atoms in total. The lowest BCUT2D eigenvalue weighted by molar-refractivity contribution is 0.219. The van der Waals surface area contributed by atoms with E-state index in [9.17, 15) is 0 Å². The number of fused-ring (bicyclic) bond motifs is 1. The molecule has 0 saturated carbocycles. The van der Waals surface area contributed by atoms with E-state index in [2.05, 4.69) is 16.0 Å². The van der Waals surface area contributed by atoms with Crippen molar-refractivity contribution in [3.63, 3.8) is 0 Å². The van der Waals surface area contributed by atoms with Gasteiger partial charge in [-0.1, -0.05) is 6.07 Å². The Kier molecular flexibility index (Phi) is 4.50. The average Bonchev–Trinajstić information content (AvgIpc) is 2.60. The number of hydrogen-bond acceptors (Lipinski definition) is 6. The van der Waals surface area contributed by atoms with Crippen molar-refractivity contribution < 1.29 is 18.9 Å². The van der Waals surface area contributed by atoms with E-state index in [0.717, 1.165) is 30.0 Å². The zero-order valence-corrected chi connectivity index (χ0v) is 13.5. The Morgan fingerprint density at radius 1 is 1.09 bits per heavy atom. The number of benzene rings is 1. The van der Waals surface area contributed by atoms with Gasteiger partial charge < -0.3 is 18.9 Å².